The summed E-state index contributed by atoms with van der Waals surface area (Å²) in [5.74, 6) is 0. The quantitative estimate of drug-likeness (QED) is 0.147. The highest BCUT2D eigenvalue weighted by atomic mass is 15.0. The van der Waals surface area contributed by atoms with Gasteiger partial charge in [0.05, 0.1) is 22.9 Å². The first-order chi connectivity index (χ1) is 23.3. The third-order valence-corrected chi connectivity index (χ3v) is 9.83. The van der Waals surface area contributed by atoms with Crippen LogP contribution in [0, 0.1) is 0 Å². The minimum absolute atomic E-state index is 1.06. The fourth-order valence-electron chi connectivity index (χ4n) is 7.88. The van der Waals surface area contributed by atoms with Gasteiger partial charge in [-0.2, -0.15) is 0 Å². The Morgan fingerprint density at radius 2 is 0.957 bits per heavy atom. The lowest BCUT2D eigenvalue weighted by atomic mass is 9.83. The fraction of sp³-hybridized carbons (Fsp3) is 0. The Bertz CT molecular complexity index is 2790. The van der Waals surface area contributed by atoms with E-state index in [1.807, 2.05) is 18.5 Å². The summed E-state index contributed by atoms with van der Waals surface area (Å²) in [6, 6.07) is 57.7. The van der Waals surface area contributed by atoms with Crippen LogP contribution in [-0.2, 0) is 0 Å². The van der Waals surface area contributed by atoms with E-state index in [0.29, 0.717) is 0 Å². The molecule has 0 aliphatic heterocycles. The first-order valence-corrected chi connectivity index (χ1v) is 16.1. The van der Waals surface area contributed by atoms with Gasteiger partial charge in [-0.3, -0.25) is 4.98 Å². The van der Waals surface area contributed by atoms with Crippen molar-refractivity contribution >= 4 is 64.9 Å². The number of hydrogen-bond acceptors (Lipinski definition) is 1. The van der Waals surface area contributed by atoms with Crippen LogP contribution in [0.15, 0.2) is 170 Å². The molecule has 0 saturated carbocycles. The van der Waals surface area contributed by atoms with Crippen LogP contribution in [-0.4, -0.2) is 9.55 Å². The molecule has 10 aromatic rings. The molecule has 0 aliphatic rings. The van der Waals surface area contributed by atoms with Crippen LogP contribution in [0.1, 0.15) is 0 Å². The van der Waals surface area contributed by atoms with Crippen molar-refractivity contribution in [1.29, 1.82) is 0 Å². The van der Waals surface area contributed by atoms with Gasteiger partial charge in [0.15, 0.2) is 0 Å². The van der Waals surface area contributed by atoms with Gasteiger partial charge in [0, 0.05) is 17.0 Å². The molecule has 10 rings (SSSR count). The molecule has 218 valence electrons. The van der Waals surface area contributed by atoms with Gasteiger partial charge in [0.1, 0.15) is 0 Å². The number of para-hydroxylation sites is 1. The molecular weight excluding hydrogens is 569 g/mol. The van der Waals surface area contributed by atoms with Crippen LogP contribution in [0.4, 0.5) is 0 Å². The van der Waals surface area contributed by atoms with Gasteiger partial charge in [-0.25, -0.2) is 0 Å². The second kappa shape index (κ2) is 10.1. The van der Waals surface area contributed by atoms with Crippen molar-refractivity contribution in [3.05, 3.63) is 170 Å². The number of rotatable bonds is 3. The molecule has 0 unspecified atom stereocenters. The van der Waals surface area contributed by atoms with E-state index in [-0.39, 0.29) is 0 Å². The van der Waals surface area contributed by atoms with E-state index in [1.165, 1.54) is 87.1 Å². The Labute approximate surface area is 271 Å². The molecule has 0 saturated heterocycles. The average Bonchev–Trinajstić information content (AvgIpc) is 3.47. The van der Waals surface area contributed by atoms with Crippen LogP contribution in [0.25, 0.3) is 92.8 Å². The zero-order valence-corrected chi connectivity index (χ0v) is 25.6. The molecule has 2 aromatic heterocycles. The van der Waals surface area contributed by atoms with Crippen molar-refractivity contribution < 1.29 is 0 Å². The molecule has 0 atom stereocenters. The summed E-state index contributed by atoms with van der Waals surface area (Å²) in [4.78, 5) is 4.44. The van der Waals surface area contributed by atoms with Gasteiger partial charge in [0.25, 0.3) is 0 Å². The standard InChI is InChI=1S/C45H28N2/c1-2-14-32-29(12-1)26-41(34-16-4-3-15-33(32)34)45-38-20-7-5-18-36(38)44(37-19-6-8-21-39(37)45)30-23-24-43-40(27-30)35-17-9-10-22-42(35)47(43)31-13-11-25-46-28-31/h1-28H. The first kappa shape index (κ1) is 26.0. The van der Waals surface area contributed by atoms with Crippen molar-refractivity contribution in [1.82, 2.24) is 9.55 Å². The zero-order chi connectivity index (χ0) is 30.9. The van der Waals surface area contributed by atoms with E-state index >= 15 is 0 Å². The number of aromatic nitrogens is 2. The molecule has 0 bridgehead atoms. The Morgan fingerprint density at radius 1 is 0.383 bits per heavy atom. The number of hydrogen-bond donors (Lipinski definition) is 0. The lowest BCUT2D eigenvalue weighted by Gasteiger charge is -2.19. The van der Waals surface area contributed by atoms with Crippen LogP contribution in [0.3, 0.4) is 0 Å². The molecular formula is C45H28N2. The zero-order valence-electron chi connectivity index (χ0n) is 25.6. The summed E-state index contributed by atoms with van der Waals surface area (Å²) in [6.07, 6.45) is 3.77. The number of pyridine rings is 1. The monoisotopic (exact) mass is 596 g/mol. The van der Waals surface area contributed by atoms with E-state index in [4.69, 9.17) is 0 Å². The normalized spacial score (nSPS) is 11.8. The highest BCUT2D eigenvalue weighted by Gasteiger charge is 2.20. The molecule has 2 heterocycles. The molecule has 2 nitrogen and oxygen atoms in total. The summed E-state index contributed by atoms with van der Waals surface area (Å²) < 4.78 is 2.32. The van der Waals surface area contributed by atoms with Gasteiger partial charge < -0.3 is 4.57 Å². The fourth-order valence-corrected chi connectivity index (χ4v) is 7.88. The maximum Gasteiger partial charge on any atom is 0.0645 e. The molecule has 0 aliphatic carbocycles. The molecule has 0 spiro atoms. The van der Waals surface area contributed by atoms with Crippen LogP contribution in [0.2, 0.25) is 0 Å². The summed E-state index contributed by atoms with van der Waals surface area (Å²) >= 11 is 0. The Morgan fingerprint density at radius 3 is 1.66 bits per heavy atom. The lowest BCUT2D eigenvalue weighted by molar-refractivity contribution is 1.14. The summed E-state index contributed by atoms with van der Waals surface area (Å²) in [6.45, 7) is 0. The number of benzene rings is 8. The smallest absolute Gasteiger partial charge is 0.0645 e. The Hall–Kier alpha value is -6.25. The lowest BCUT2D eigenvalue weighted by Crippen LogP contribution is -1.94. The van der Waals surface area contributed by atoms with E-state index in [9.17, 15) is 0 Å². The molecule has 0 N–H and O–H groups in total. The molecule has 8 aromatic carbocycles. The molecule has 47 heavy (non-hydrogen) atoms. The highest BCUT2D eigenvalue weighted by Crippen LogP contribution is 2.47. The maximum atomic E-state index is 4.44. The Kier molecular flexibility index (Phi) is 5.61. The van der Waals surface area contributed by atoms with Gasteiger partial charge in [-0.05, 0) is 102 Å². The van der Waals surface area contributed by atoms with E-state index in [0.717, 1.165) is 5.69 Å². The predicted molar refractivity (Wildman–Crippen MR) is 199 cm³/mol. The second-order valence-corrected chi connectivity index (χ2v) is 12.3. The largest absolute Gasteiger partial charge is 0.308 e. The van der Waals surface area contributed by atoms with Crippen molar-refractivity contribution in [2.75, 3.05) is 0 Å². The summed E-state index contributed by atoms with van der Waals surface area (Å²) in [5, 5.41) is 12.6. The van der Waals surface area contributed by atoms with Crippen LogP contribution in [0.5, 0.6) is 0 Å². The Balaban J connectivity index is 1.31. The minimum Gasteiger partial charge on any atom is -0.308 e. The van der Waals surface area contributed by atoms with Gasteiger partial charge in [-0.15, -0.1) is 0 Å². The van der Waals surface area contributed by atoms with Crippen LogP contribution >= 0.6 is 0 Å². The van der Waals surface area contributed by atoms with Crippen molar-refractivity contribution in [3.8, 4) is 27.9 Å². The average molecular weight is 597 g/mol. The predicted octanol–water partition coefficient (Wildman–Crippen LogP) is 12.1. The van der Waals surface area contributed by atoms with E-state index in [2.05, 4.69) is 161 Å². The SMILES string of the molecule is c1cncc(-n2c3ccccc3c3cc(-c4c5ccccc5c(-c5cc6ccccc6c6ccccc56)c5ccccc45)ccc32)c1. The van der Waals surface area contributed by atoms with E-state index < -0.39 is 0 Å². The summed E-state index contributed by atoms with van der Waals surface area (Å²) in [7, 11) is 0. The van der Waals surface area contributed by atoms with Gasteiger partial charge in [-0.1, -0.05) is 121 Å². The highest BCUT2D eigenvalue weighted by molar-refractivity contribution is 6.26. The third-order valence-electron chi connectivity index (χ3n) is 9.83. The van der Waals surface area contributed by atoms with Gasteiger partial charge in [0.2, 0.25) is 0 Å². The molecule has 0 radical (unpaired) electrons. The summed E-state index contributed by atoms with van der Waals surface area (Å²) in [5.41, 5.74) is 8.47. The molecule has 0 fully saturated rings. The first-order valence-electron chi connectivity index (χ1n) is 16.1. The molecule has 2 heteroatoms. The minimum atomic E-state index is 1.06. The number of nitrogens with zero attached hydrogens (tertiary/aromatic N) is 2. The van der Waals surface area contributed by atoms with Crippen molar-refractivity contribution in [3.63, 3.8) is 0 Å². The van der Waals surface area contributed by atoms with E-state index in [1.54, 1.807) is 0 Å². The molecule has 0 amide bonds. The maximum absolute atomic E-state index is 4.44. The van der Waals surface area contributed by atoms with Crippen molar-refractivity contribution in [2.45, 2.75) is 0 Å². The second-order valence-electron chi connectivity index (χ2n) is 12.3. The third kappa shape index (κ3) is 3.82. The van der Waals surface area contributed by atoms with Crippen LogP contribution < -0.4 is 0 Å². The van der Waals surface area contributed by atoms with Gasteiger partial charge >= 0.3 is 0 Å². The topological polar surface area (TPSA) is 17.8 Å². The number of fused-ring (bicyclic) bond motifs is 8. The van der Waals surface area contributed by atoms with Crippen molar-refractivity contribution in [2.24, 2.45) is 0 Å².